The van der Waals surface area contributed by atoms with Gasteiger partial charge >= 0.3 is 6.03 Å². The molecular formula is C16H18ClN5O2. The van der Waals surface area contributed by atoms with Crippen LogP contribution in [0.1, 0.15) is 12.6 Å². The van der Waals surface area contributed by atoms with Crippen LogP contribution in [0.3, 0.4) is 0 Å². The van der Waals surface area contributed by atoms with Crippen molar-refractivity contribution in [1.82, 2.24) is 19.6 Å². The lowest BCUT2D eigenvalue weighted by molar-refractivity contribution is -0.126. The lowest BCUT2D eigenvalue weighted by Crippen LogP contribution is -2.34. The van der Waals surface area contributed by atoms with Crippen LogP contribution in [0.4, 0.5) is 10.6 Å². The Morgan fingerprint density at radius 2 is 2.17 bits per heavy atom. The molecule has 0 atom stereocenters. The molecule has 7 nitrogen and oxygen atoms in total. The number of aryl methyl sites for hydroxylation is 1. The van der Waals surface area contributed by atoms with E-state index in [0.717, 1.165) is 11.4 Å². The van der Waals surface area contributed by atoms with E-state index in [9.17, 15) is 9.59 Å². The highest BCUT2D eigenvalue weighted by molar-refractivity contribution is 6.30. The second kappa shape index (κ2) is 6.52. The van der Waals surface area contributed by atoms with Gasteiger partial charge in [-0.25, -0.2) is 9.48 Å². The van der Waals surface area contributed by atoms with Gasteiger partial charge in [0.15, 0.2) is 5.82 Å². The van der Waals surface area contributed by atoms with E-state index < -0.39 is 0 Å². The average Bonchev–Trinajstić information content (AvgIpc) is 3.10. The molecule has 0 unspecified atom stereocenters. The van der Waals surface area contributed by atoms with E-state index in [-0.39, 0.29) is 18.5 Å². The van der Waals surface area contributed by atoms with Crippen LogP contribution >= 0.6 is 11.6 Å². The Morgan fingerprint density at radius 3 is 2.83 bits per heavy atom. The predicted molar refractivity (Wildman–Crippen MR) is 91.3 cm³/mol. The van der Waals surface area contributed by atoms with E-state index in [2.05, 4.69) is 10.4 Å². The fraction of sp³-hybridized carbons (Fsp3) is 0.312. The third-order valence-electron chi connectivity index (χ3n) is 3.86. The van der Waals surface area contributed by atoms with Crippen molar-refractivity contribution < 1.29 is 9.59 Å². The van der Waals surface area contributed by atoms with Crippen molar-refractivity contribution >= 4 is 29.4 Å². The van der Waals surface area contributed by atoms with Crippen molar-refractivity contribution in [2.45, 2.75) is 13.8 Å². The number of nitrogens with one attached hydrogen (secondary N) is 1. The number of aromatic nitrogens is 2. The molecule has 1 saturated heterocycles. The summed E-state index contributed by atoms with van der Waals surface area (Å²) >= 11 is 6.01. The fourth-order valence-electron chi connectivity index (χ4n) is 2.60. The minimum absolute atomic E-state index is 0.0479. The number of benzene rings is 1. The molecule has 0 aliphatic carbocycles. The summed E-state index contributed by atoms with van der Waals surface area (Å²) in [5.41, 5.74) is 1.68. The number of hydrogen-bond donors (Lipinski definition) is 1. The monoisotopic (exact) mass is 347 g/mol. The van der Waals surface area contributed by atoms with E-state index in [1.807, 2.05) is 26.0 Å². The Balaban J connectivity index is 1.74. The van der Waals surface area contributed by atoms with Crippen LogP contribution in [-0.4, -0.2) is 51.3 Å². The zero-order chi connectivity index (χ0) is 17.3. The topological polar surface area (TPSA) is 70.5 Å². The molecule has 0 bridgehead atoms. The standard InChI is InChI=1S/C16H18ClN5O2/c1-3-20-10-21(9-15(20)23)16(24)18-14-7-11(2)22(19-14)13-6-4-5-12(17)8-13/h4-8H,3,9-10H2,1-2H3,(H,18,19,24). The van der Waals surface area contributed by atoms with Crippen LogP contribution in [0.15, 0.2) is 30.3 Å². The second-order valence-corrected chi connectivity index (χ2v) is 6.02. The molecule has 2 heterocycles. The predicted octanol–water partition coefficient (Wildman–Crippen LogP) is 2.49. The van der Waals surface area contributed by atoms with Gasteiger partial charge in [0.05, 0.1) is 12.4 Å². The number of anilines is 1. The molecule has 1 fully saturated rings. The summed E-state index contributed by atoms with van der Waals surface area (Å²) in [6, 6.07) is 8.74. The molecule has 3 amide bonds. The van der Waals surface area contributed by atoms with Crippen molar-refractivity contribution in [3.8, 4) is 5.69 Å². The summed E-state index contributed by atoms with van der Waals surface area (Å²) in [5.74, 6) is 0.383. The van der Waals surface area contributed by atoms with Crippen molar-refractivity contribution in [2.75, 3.05) is 25.1 Å². The number of carbonyl (C=O) groups is 2. The van der Waals surface area contributed by atoms with Crippen LogP contribution in [0.25, 0.3) is 5.69 Å². The highest BCUT2D eigenvalue weighted by atomic mass is 35.5. The van der Waals surface area contributed by atoms with Gasteiger partial charge in [-0.2, -0.15) is 0 Å². The minimum Gasteiger partial charge on any atom is -0.324 e. The highest BCUT2D eigenvalue weighted by Gasteiger charge is 2.29. The number of rotatable bonds is 3. The third kappa shape index (κ3) is 3.21. The second-order valence-electron chi connectivity index (χ2n) is 5.58. The first kappa shape index (κ1) is 16.3. The summed E-state index contributed by atoms with van der Waals surface area (Å²) in [6.07, 6.45) is 0. The molecule has 126 valence electrons. The smallest absolute Gasteiger partial charge is 0.324 e. The van der Waals surface area contributed by atoms with E-state index >= 15 is 0 Å². The lowest BCUT2D eigenvalue weighted by Gasteiger charge is -2.16. The summed E-state index contributed by atoms with van der Waals surface area (Å²) < 4.78 is 1.70. The van der Waals surface area contributed by atoms with Gasteiger partial charge in [0.25, 0.3) is 0 Å². The van der Waals surface area contributed by atoms with Crippen molar-refractivity contribution in [3.05, 3.63) is 41.0 Å². The average molecular weight is 348 g/mol. The molecule has 1 aromatic carbocycles. The zero-order valence-corrected chi connectivity index (χ0v) is 14.2. The molecule has 1 aromatic heterocycles. The summed E-state index contributed by atoms with van der Waals surface area (Å²) in [6.45, 7) is 4.75. The van der Waals surface area contributed by atoms with E-state index in [0.29, 0.717) is 24.1 Å². The molecule has 24 heavy (non-hydrogen) atoms. The number of hydrogen-bond acceptors (Lipinski definition) is 3. The highest BCUT2D eigenvalue weighted by Crippen LogP contribution is 2.19. The van der Waals surface area contributed by atoms with Gasteiger partial charge in [-0.15, -0.1) is 5.10 Å². The quantitative estimate of drug-likeness (QED) is 0.927. The van der Waals surface area contributed by atoms with Gasteiger partial charge in [-0.1, -0.05) is 17.7 Å². The van der Waals surface area contributed by atoms with Crippen LogP contribution in [0.2, 0.25) is 5.02 Å². The Bertz CT molecular complexity index is 789. The minimum atomic E-state index is -0.338. The fourth-order valence-corrected chi connectivity index (χ4v) is 2.79. The Hall–Kier alpha value is -2.54. The Morgan fingerprint density at radius 1 is 1.38 bits per heavy atom. The van der Waals surface area contributed by atoms with Gasteiger partial charge in [0.1, 0.15) is 6.54 Å². The number of amides is 3. The van der Waals surface area contributed by atoms with Gasteiger partial charge < -0.3 is 4.90 Å². The number of carbonyl (C=O) groups excluding carboxylic acids is 2. The molecule has 8 heteroatoms. The lowest BCUT2D eigenvalue weighted by atomic mass is 10.3. The van der Waals surface area contributed by atoms with Crippen LogP contribution in [0, 0.1) is 6.92 Å². The number of likely N-dealkylation sites (N-methyl/N-ethyl adjacent to an activating group) is 1. The maximum absolute atomic E-state index is 12.3. The molecular weight excluding hydrogens is 330 g/mol. The Kier molecular flexibility index (Phi) is 4.44. The maximum Gasteiger partial charge on any atom is 0.324 e. The molecule has 1 aliphatic heterocycles. The van der Waals surface area contributed by atoms with Gasteiger partial charge in [0.2, 0.25) is 5.91 Å². The SMILES string of the molecule is CCN1CN(C(=O)Nc2cc(C)n(-c3cccc(Cl)c3)n2)CC1=O. The molecule has 2 aromatic rings. The summed E-state index contributed by atoms with van der Waals surface area (Å²) in [7, 11) is 0. The molecule has 0 saturated carbocycles. The van der Waals surface area contributed by atoms with Crippen molar-refractivity contribution in [1.29, 1.82) is 0 Å². The Labute approximate surface area is 144 Å². The molecule has 3 rings (SSSR count). The van der Waals surface area contributed by atoms with Crippen molar-refractivity contribution in [2.24, 2.45) is 0 Å². The first-order valence-electron chi connectivity index (χ1n) is 7.64. The number of nitrogens with zero attached hydrogens (tertiary/aromatic N) is 4. The van der Waals surface area contributed by atoms with Gasteiger partial charge in [0, 0.05) is 23.3 Å². The largest absolute Gasteiger partial charge is 0.324 e. The van der Waals surface area contributed by atoms with Gasteiger partial charge in [-0.3, -0.25) is 15.0 Å². The van der Waals surface area contributed by atoms with Crippen LogP contribution in [-0.2, 0) is 4.79 Å². The molecule has 0 spiro atoms. The van der Waals surface area contributed by atoms with Gasteiger partial charge in [-0.05, 0) is 32.0 Å². The van der Waals surface area contributed by atoms with Crippen molar-refractivity contribution in [3.63, 3.8) is 0 Å². The number of halogens is 1. The van der Waals surface area contributed by atoms with E-state index in [4.69, 9.17) is 11.6 Å². The van der Waals surface area contributed by atoms with Crippen LogP contribution in [0.5, 0.6) is 0 Å². The molecule has 1 N–H and O–H groups in total. The summed E-state index contributed by atoms with van der Waals surface area (Å²) in [4.78, 5) is 27.1. The third-order valence-corrected chi connectivity index (χ3v) is 4.10. The number of urea groups is 1. The van der Waals surface area contributed by atoms with E-state index in [1.165, 1.54) is 4.90 Å². The maximum atomic E-state index is 12.3. The molecule has 0 radical (unpaired) electrons. The normalized spacial score (nSPS) is 14.4. The summed E-state index contributed by atoms with van der Waals surface area (Å²) in [5, 5.41) is 7.74. The first-order valence-corrected chi connectivity index (χ1v) is 8.02. The van der Waals surface area contributed by atoms with E-state index in [1.54, 1.807) is 27.8 Å². The van der Waals surface area contributed by atoms with Crippen LogP contribution < -0.4 is 5.32 Å². The zero-order valence-electron chi connectivity index (χ0n) is 13.5. The first-order chi connectivity index (χ1) is 11.5. The molecule has 1 aliphatic rings.